The Hall–Kier alpha value is -1.12. The van der Waals surface area contributed by atoms with Crippen LogP contribution >= 0.6 is 15.9 Å². The van der Waals surface area contributed by atoms with Crippen LogP contribution < -0.4 is 4.74 Å². The molecule has 0 atom stereocenters. The second-order valence-electron chi connectivity index (χ2n) is 4.29. The van der Waals surface area contributed by atoms with Crippen molar-refractivity contribution < 1.29 is 9.53 Å². The van der Waals surface area contributed by atoms with Crippen molar-refractivity contribution in [2.75, 3.05) is 7.11 Å². The summed E-state index contributed by atoms with van der Waals surface area (Å²) in [6.07, 6.45) is 5.77. The second kappa shape index (κ2) is 5.03. The van der Waals surface area contributed by atoms with E-state index in [9.17, 15) is 4.79 Å². The fourth-order valence-corrected chi connectivity index (χ4v) is 3.01. The predicted molar refractivity (Wildman–Crippen MR) is 69.0 cm³/mol. The Morgan fingerprint density at radius 3 is 2.65 bits per heavy atom. The number of ether oxygens (including phenoxy) is 1. The lowest BCUT2D eigenvalue weighted by molar-refractivity contribution is 0.410. The van der Waals surface area contributed by atoms with Crippen molar-refractivity contribution in [1.82, 2.24) is 0 Å². The molecule has 2 rings (SSSR count). The molecule has 1 saturated carbocycles. The topological polar surface area (TPSA) is 38.7 Å². The van der Waals surface area contributed by atoms with Gasteiger partial charge in [0.15, 0.2) is 0 Å². The number of isocyanates is 1. The summed E-state index contributed by atoms with van der Waals surface area (Å²) in [5, 5.41) is 0. The molecule has 1 aromatic rings. The first-order chi connectivity index (χ1) is 8.22. The van der Waals surface area contributed by atoms with Crippen LogP contribution in [-0.4, -0.2) is 13.2 Å². The van der Waals surface area contributed by atoms with Gasteiger partial charge in [-0.15, -0.1) is 0 Å². The number of hydrogen-bond donors (Lipinski definition) is 0. The van der Waals surface area contributed by atoms with Gasteiger partial charge in [-0.3, -0.25) is 0 Å². The molecule has 1 fully saturated rings. The third-order valence-corrected chi connectivity index (χ3v) is 4.00. The SMILES string of the molecule is COc1ccc(C2(N=C=O)CCCC2)cc1Br. The van der Waals surface area contributed by atoms with Crippen LogP contribution in [0.25, 0.3) is 0 Å². The van der Waals surface area contributed by atoms with Gasteiger partial charge in [-0.1, -0.05) is 18.9 Å². The summed E-state index contributed by atoms with van der Waals surface area (Å²) in [4.78, 5) is 14.7. The van der Waals surface area contributed by atoms with Gasteiger partial charge in [0.2, 0.25) is 6.08 Å². The van der Waals surface area contributed by atoms with Crippen molar-refractivity contribution in [3.63, 3.8) is 0 Å². The van der Waals surface area contributed by atoms with Gasteiger partial charge in [0, 0.05) is 0 Å². The van der Waals surface area contributed by atoms with Crippen molar-refractivity contribution >= 4 is 22.0 Å². The largest absolute Gasteiger partial charge is 0.496 e. The van der Waals surface area contributed by atoms with Gasteiger partial charge in [-0.05, 0) is 46.5 Å². The highest BCUT2D eigenvalue weighted by Crippen LogP contribution is 2.43. The first-order valence-corrected chi connectivity index (χ1v) is 6.44. The monoisotopic (exact) mass is 295 g/mol. The van der Waals surface area contributed by atoms with Crippen LogP contribution in [0.3, 0.4) is 0 Å². The normalized spacial score (nSPS) is 17.5. The van der Waals surface area contributed by atoms with Gasteiger partial charge in [0.25, 0.3) is 0 Å². The molecule has 0 aromatic heterocycles. The van der Waals surface area contributed by atoms with E-state index in [-0.39, 0.29) is 5.54 Å². The molecule has 0 spiro atoms. The van der Waals surface area contributed by atoms with E-state index in [2.05, 4.69) is 20.9 Å². The van der Waals surface area contributed by atoms with Gasteiger partial charge < -0.3 is 4.74 Å². The van der Waals surface area contributed by atoms with Crippen LogP contribution in [0, 0.1) is 0 Å². The quantitative estimate of drug-likeness (QED) is 0.632. The van der Waals surface area contributed by atoms with E-state index < -0.39 is 0 Å². The standard InChI is InChI=1S/C13H14BrNO2/c1-17-12-5-4-10(8-11(12)14)13(15-9-16)6-2-3-7-13/h4-5,8H,2-3,6-7H2,1H3. The minimum absolute atomic E-state index is 0.365. The molecular weight excluding hydrogens is 282 g/mol. The van der Waals surface area contributed by atoms with E-state index in [1.165, 1.54) is 0 Å². The third kappa shape index (κ3) is 2.28. The van der Waals surface area contributed by atoms with Crippen LogP contribution in [0.1, 0.15) is 31.2 Å². The summed E-state index contributed by atoms with van der Waals surface area (Å²) >= 11 is 3.46. The number of hydrogen-bond acceptors (Lipinski definition) is 3. The second-order valence-corrected chi connectivity index (χ2v) is 5.15. The van der Waals surface area contributed by atoms with E-state index >= 15 is 0 Å². The van der Waals surface area contributed by atoms with E-state index in [0.717, 1.165) is 41.5 Å². The molecular formula is C13H14BrNO2. The maximum atomic E-state index is 10.6. The number of nitrogens with zero attached hydrogens (tertiary/aromatic N) is 1. The van der Waals surface area contributed by atoms with Crippen LogP contribution in [0.15, 0.2) is 27.7 Å². The lowest BCUT2D eigenvalue weighted by Gasteiger charge is -2.23. The molecule has 0 amide bonds. The van der Waals surface area contributed by atoms with Crippen LogP contribution in [0.5, 0.6) is 5.75 Å². The summed E-state index contributed by atoms with van der Waals surface area (Å²) in [6.45, 7) is 0. The smallest absolute Gasteiger partial charge is 0.235 e. The van der Waals surface area contributed by atoms with Gasteiger partial charge in [-0.2, -0.15) is 4.99 Å². The number of carbonyl (C=O) groups excluding carboxylic acids is 1. The third-order valence-electron chi connectivity index (χ3n) is 3.38. The lowest BCUT2D eigenvalue weighted by Crippen LogP contribution is -2.18. The summed E-state index contributed by atoms with van der Waals surface area (Å²) in [5.41, 5.74) is 0.697. The molecule has 4 heteroatoms. The molecule has 0 saturated heterocycles. The summed E-state index contributed by atoms with van der Waals surface area (Å²) in [6, 6.07) is 5.88. The van der Waals surface area contributed by atoms with Crippen molar-refractivity contribution in [3.05, 3.63) is 28.2 Å². The highest BCUT2D eigenvalue weighted by Gasteiger charge is 2.35. The summed E-state index contributed by atoms with van der Waals surface area (Å²) in [5.74, 6) is 0.789. The Morgan fingerprint density at radius 1 is 1.41 bits per heavy atom. The number of methoxy groups -OCH3 is 1. The average Bonchev–Trinajstić information content (AvgIpc) is 2.79. The zero-order valence-electron chi connectivity index (χ0n) is 9.70. The van der Waals surface area contributed by atoms with Gasteiger partial charge in [0.1, 0.15) is 5.75 Å². The zero-order chi connectivity index (χ0) is 12.3. The minimum atomic E-state index is -0.365. The number of rotatable bonds is 3. The Bertz CT molecular complexity index is 460. The number of benzene rings is 1. The van der Waals surface area contributed by atoms with Crippen LogP contribution in [0.4, 0.5) is 0 Å². The Labute approximate surface area is 109 Å². The van der Waals surface area contributed by atoms with E-state index in [1.807, 2.05) is 18.2 Å². The van der Waals surface area contributed by atoms with Gasteiger partial charge in [-0.25, -0.2) is 4.79 Å². The Balaban J connectivity index is 2.44. The fourth-order valence-electron chi connectivity index (χ4n) is 2.47. The van der Waals surface area contributed by atoms with Crippen molar-refractivity contribution in [3.8, 4) is 5.75 Å². The molecule has 1 aliphatic rings. The van der Waals surface area contributed by atoms with Crippen molar-refractivity contribution in [1.29, 1.82) is 0 Å². The molecule has 1 aliphatic carbocycles. The van der Waals surface area contributed by atoms with E-state index in [0.29, 0.717) is 0 Å². The highest BCUT2D eigenvalue weighted by molar-refractivity contribution is 9.10. The summed E-state index contributed by atoms with van der Waals surface area (Å²) in [7, 11) is 1.63. The lowest BCUT2D eigenvalue weighted by atomic mass is 9.89. The molecule has 17 heavy (non-hydrogen) atoms. The molecule has 0 radical (unpaired) electrons. The van der Waals surface area contributed by atoms with Crippen LogP contribution in [0.2, 0.25) is 0 Å². The molecule has 0 aliphatic heterocycles. The zero-order valence-corrected chi connectivity index (χ0v) is 11.3. The molecule has 90 valence electrons. The van der Waals surface area contributed by atoms with Crippen molar-refractivity contribution in [2.45, 2.75) is 31.2 Å². The first kappa shape index (κ1) is 12.3. The van der Waals surface area contributed by atoms with Crippen LogP contribution in [-0.2, 0) is 10.3 Å². The highest BCUT2D eigenvalue weighted by atomic mass is 79.9. The minimum Gasteiger partial charge on any atom is -0.496 e. The van der Waals surface area contributed by atoms with Crippen molar-refractivity contribution in [2.24, 2.45) is 4.99 Å². The fraction of sp³-hybridized carbons (Fsp3) is 0.462. The predicted octanol–water partition coefficient (Wildman–Crippen LogP) is 3.56. The molecule has 1 aromatic carbocycles. The summed E-state index contributed by atoms with van der Waals surface area (Å²) < 4.78 is 6.09. The molecule has 0 bridgehead atoms. The number of aliphatic imine (C=N–C) groups is 1. The maximum Gasteiger partial charge on any atom is 0.235 e. The molecule has 3 nitrogen and oxygen atoms in total. The average molecular weight is 296 g/mol. The molecule has 0 heterocycles. The van der Waals surface area contributed by atoms with E-state index in [1.54, 1.807) is 13.2 Å². The number of halogens is 1. The van der Waals surface area contributed by atoms with Gasteiger partial charge >= 0.3 is 0 Å². The molecule has 0 unspecified atom stereocenters. The van der Waals surface area contributed by atoms with Gasteiger partial charge in [0.05, 0.1) is 17.1 Å². The Morgan fingerprint density at radius 2 is 2.12 bits per heavy atom. The van der Waals surface area contributed by atoms with E-state index in [4.69, 9.17) is 4.74 Å². The maximum absolute atomic E-state index is 10.6. The molecule has 0 N–H and O–H groups in total. The first-order valence-electron chi connectivity index (χ1n) is 5.65. The Kier molecular flexibility index (Phi) is 3.65.